The summed E-state index contributed by atoms with van der Waals surface area (Å²) in [5.74, 6) is 1.23. The second kappa shape index (κ2) is 14.7. The zero-order valence-electron chi connectivity index (χ0n) is 28.6. The van der Waals surface area contributed by atoms with E-state index in [2.05, 4.69) is 4.74 Å². The summed E-state index contributed by atoms with van der Waals surface area (Å²) in [6.07, 6.45) is -0.0666. The molecule has 0 aromatic heterocycles. The fourth-order valence-corrected chi connectivity index (χ4v) is 7.29. The highest BCUT2D eigenvalue weighted by Crippen LogP contribution is 2.38. The number of esters is 1. The van der Waals surface area contributed by atoms with Gasteiger partial charge in [-0.25, -0.2) is 13.2 Å². The molecule has 2 aliphatic heterocycles. The fraction of sp³-hybridized carbons (Fsp3) is 0.588. The van der Waals surface area contributed by atoms with Gasteiger partial charge in [0.25, 0.3) is 0 Å². The minimum atomic E-state index is -3.99. The monoisotopic (exact) mass is 676 g/mol. The molecule has 1 saturated heterocycles. The van der Waals surface area contributed by atoms with Gasteiger partial charge in [0, 0.05) is 25.6 Å². The normalized spacial score (nSPS) is 18.9. The molecule has 1 amide bonds. The number of carbonyl (C=O) groups excluding carboxylic acids is 2. The summed E-state index contributed by atoms with van der Waals surface area (Å²) in [6.45, 7) is 13.5. The standard InChI is InChI=1S/C34H48N2O10S/c1-23(2)20-35(47(39,40)26-15-16-28-29(19-26)44-22-43-28)21-30-27(36(34(6,7)45-30)32(38)46-33(3,4)5)18-24-11-13-25(14-12-24)42-17-9-10-31(37)41-8/h11-16,19,23,27,30H,9-10,17-18,20-22H2,1-8H3/t27-,30+/m0/s1. The Hall–Kier alpha value is -3.55. The number of hydrogen-bond donors (Lipinski definition) is 0. The van der Waals surface area contributed by atoms with Gasteiger partial charge < -0.3 is 28.4 Å². The quantitative estimate of drug-likeness (QED) is 0.201. The van der Waals surface area contributed by atoms with Crippen molar-refractivity contribution in [2.24, 2.45) is 5.92 Å². The molecule has 4 rings (SSSR count). The summed E-state index contributed by atoms with van der Waals surface area (Å²) in [4.78, 5) is 26.7. The Kier molecular flexibility index (Phi) is 11.3. The molecule has 2 aliphatic rings. The number of ether oxygens (including phenoxy) is 6. The van der Waals surface area contributed by atoms with E-state index < -0.39 is 39.6 Å². The molecule has 0 N–H and O–H groups in total. The predicted molar refractivity (Wildman–Crippen MR) is 174 cm³/mol. The number of amides is 1. The van der Waals surface area contributed by atoms with E-state index in [4.69, 9.17) is 23.7 Å². The molecule has 2 heterocycles. The maximum Gasteiger partial charge on any atom is 0.412 e. The number of hydrogen-bond acceptors (Lipinski definition) is 10. The van der Waals surface area contributed by atoms with Crippen molar-refractivity contribution in [3.63, 3.8) is 0 Å². The van der Waals surface area contributed by atoms with Crippen LogP contribution in [0.2, 0.25) is 0 Å². The number of carbonyl (C=O) groups is 2. The van der Waals surface area contributed by atoms with Gasteiger partial charge in [-0.2, -0.15) is 4.31 Å². The van der Waals surface area contributed by atoms with Crippen molar-refractivity contribution >= 4 is 22.1 Å². The molecular weight excluding hydrogens is 628 g/mol. The molecule has 0 saturated carbocycles. The predicted octanol–water partition coefficient (Wildman–Crippen LogP) is 5.38. The van der Waals surface area contributed by atoms with Crippen molar-refractivity contribution in [3.8, 4) is 17.2 Å². The lowest BCUT2D eigenvalue weighted by atomic mass is 9.99. The zero-order valence-corrected chi connectivity index (χ0v) is 29.4. The average molecular weight is 677 g/mol. The van der Waals surface area contributed by atoms with Gasteiger partial charge in [-0.1, -0.05) is 26.0 Å². The van der Waals surface area contributed by atoms with E-state index in [1.165, 1.54) is 23.5 Å². The summed E-state index contributed by atoms with van der Waals surface area (Å²) in [5.41, 5.74) is -0.952. The van der Waals surface area contributed by atoms with E-state index in [-0.39, 0.29) is 43.1 Å². The van der Waals surface area contributed by atoms with Crippen molar-refractivity contribution in [1.29, 1.82) is 0 Å². The largest absolute Gasteiger partial charge is 0.494 e. The van der Waals surface area contributed by atoms with Crippen LogP contribution in [0.3, 0.4) is 0 Å². The van der Waals surface area contributed by atoms with Crippen LogP contribution in [0.15, 0.2) is 47.4 Å². The first-order valence-corrected chi connectivity index (χ1v) is 17.3. The van der Waals surface area contributed by atoms with Gasteiger partial charge in [0.15, 0.2) is 11.5 Å². The number of benzene rings is 2. The first-order valence-electron chi connectivity index (χ1n) is 15.9. The van der Waals surface area contributed by atoms with Crippen LogP contribution in [0.25, 0.3) is 0 Å². The van der Waals surface area contributed by atoms with Crippen LogP contribution in [0, 0.1) is 5.92 Å². The molecule has 0 unspecified atom stereocenters. The topological polar surface area (TPSA) is 130 Å². The summed E-state index contributed by atoms with van der Waals surface area (Å²) < 4.78 is 63.3. The SMILES string of the molecule is COC(=O)CCCOc1ccc(C[C@H]2[C@@H](CN(CC(C)C)S(=O)(=O)c3ccc4c(c3)OCO4)OC(C)(C)N2C(=O)OC(C)(C)C)cc1. The van der Waals surface area contributed by atoms with E-state index >= 15 is 0 Å². The Bertz CT molecular complexity index is 1500. The molecule has 0 radical (unpaired) electrons. The van der Waals surface area contributed by atoms with Gasteiger partial charge in [0.1, 0.15) is 17.1 Å². The Labute approximate surface area is 278 Å². The van der Waals surface area contributed by atoms with Gasteiger partial charge in [0.05, 0.1) is 30.8 Å². The molecule has 1 fully saturated rings. The maximum atomic E-state index is 14.1. The van der Waals surface area contributed by atoms with Crippen LogP contribution in [0.4, 0.5) is 4.79 Å². The molecular formula is C34H48N2O10S. The van der Waals surface area contributed by atoms with Crippen molar-refractivity contribution < 1.29 is 46.4 Å². The number of nitrogens with zero attached hydrogens (tertiary/aromatic N) is 2. The highest BCUT2D eigenvalue weighted by Gasteiger charge is 2.52. The molecule has 260 valence electrons. The van der Waals surface area contributed by atoms with Crippen LogP contribution < -0.4 is 14.2 Å². The Morgan fingerprint density at radius 1 is 1.06 bits per heavy atom. The number of methoxy groups -OCH3 is 1. The Morgan fingerprint density at radius 2 is 1.74 bits per heavy atom. The lowest BCUT2D eigenvalue weighted by Gasteiger charge is -2.35. The summed E-state index contributed by atoms with van der Waals surface area (Å²) in [6, 6.07) is 11.5. The van der Waals surface area contributed by atoms with Gasteiger partial charge in [-0.05, 0) is 83.2 Å². The van der Waals surface area contributed by atoms with Crippen LogP contribution in [-0.2, 0) is 35.4 Å². The van der Waals surface area contributed by atoms with Crippen LogP contribution in [0.5, 0.6) is 17.2 Å². The van der Waals surface area contributed by atoms with Gasteiger partial charge in [-0.3, -0.25) is 9.69 Å². The Balaban J connectivity index is 1.61. The van der Waals surface area contributed by atoms with E-state index in [1.807, 2.05) is 38.1 Å². The minimum Gasteiger partial charge on any atom is -0.494 e. The highest BCUT2D eigenvalue weighted by atomic mass is 32.2. The summed E-state index contributed by atoms with van der Waals surface area (Å²) >= 11 is 0. The minimum absolute atomic E-state index is 0.00371. The van der Waals surface area contributed by atoms with Crippen molar-refractivity contribution in [2.45, 2.75) is 96.1 Å². The summed E-state index contributed by atoms with van der Waals surface area (Å²) in [5, 5.41) is 0. The molecule has 0 aliphatic carbocycles. The van der Waals surface area contributed by atoms with E-state index in [0.29, 0.717) is 36.7 Å². The van der Waals surface area contributed by atoms with Crippen molar-refractivity contribution in [2.75, 3.05) is 33.6 Å². The van der Waals surface area contributed by atoms with Crippen molar-refractivity contribution in [1.82, 2.24) is 9.21 Å². The molecule has 12 nitrogen and oxygen atoms in total. The Morgan fingerprint density at radius 3 is 2.38 bits per heavy atom. The third kappa shape index (κ3) is 9.29. The number of rotatable bonds is 13. The van der Waals surface area contributed by atoms with Crippen LogP contribution in [0.1, 0.15) is 66.9 Å². The van der Waals surface area contributed by atoms with E-state index in [1.54, 1.807) is 45.6 Å². The molecule has 47 heavy (non-hydrogen) atoms. The molecule has 2 aromatic rings. The third-order valence-electron chi connectivity index (χ3n) is 7.69. The second-order valence-corrected chi connectivity index (χ2v) is 15.6. The van der Waals surface area contributed by atoms with E-state index in [0.717, 1.165) is 5.56 Å². The lowest BCUT2D eigenvalue weighted by molar-refractivity contribution is -0.140. The van der Waals surface area contributed by atoms with Crippen LogP contribution in [-0.4, -0.2) is 86.8 Å². The van der Waals surface area contributed by atoms with Gasteiger partial charge >= 0.3 is 12.1 Å². The average Bonchev–Trinajstić information content (AvgIpc) is 3.55. The second-order valence-electron chi connectivity index (χ2n) is 13.6. The molecule has 0 spiro atoms. The molecule has 2 aromatic carbocycles. The highest BCUT2D eigenvalue weighted by molar-refractivity contribution is 7.89. The van der Waals surface area contributed by atoms with Gasteiger partial charge in [-0.15, -0.1) is 0 Å². The molecule has 13 heteroatoms. The summed E-state index contributed by atoms with van der Waals surface area (Å²) in [7, 11) is -2.64. The maximum absolute atomic E-state index is 14.1. The first kappa shape index (κ1) is 36.3. The van der Waals surface area contributed by atoms with Gasteiger partial charge in [0.2, 0.25) is 16.8 Å². The molecule has 2 atom stereocenters. The third-order valence-corrected chi connectivity index (χ3v) is 9.52. The van der Waals surface area contributed by atoms with Crippen molar-refractivity contribution in [3.05, 3.63) is 48.0 Å². The smallest absolute Gasteiger partial charge is 0.412 e. The molecule has 0 bridgehead atoms. The number of sulfonamides is 1. The number of fused-ring (bicyclic) bond motifs is 1. The zero-order chi connectivity index (χ0) is 34.6. The van der Waals surface area contributed by atoms with E-state index in [9.17, 15) is 18.0 Å². The van der Waals surface area contributed by atoms with Crippen LogP contribution >= 0.6 is 0 Å². The fourth-order valence-electron chi connectivity index (χ4n) is 5.66. The first-order chi connectivity index (χ1) is 22.0. The lowest BCUT2D eigenvalue weighted by Crippen LogP contribution is -2.52.